The summed E-state index contributed by atoms with van der Waals surface area (Å²) in [5.41, 5.74) is 0. The zero-order valence-electron chi connectivity index (χ0n) is 6.58. The number of rotatable bonds is 2. The molecule has 1 saturated heterocycles. The second-order valence-electron chi connectivity index (χ2n) is 3.00. The summed E-state index contributed by atoms with van der Waals surface area (Å²) in [6, 6.07) is 3.88. The van der Waals surface area contributed by atoms with E-state index in [1.165, 1.54) is 0 Å². The highest BCUT2D eigenvalue weighted by atomic mass is 16.5. The lowest BCUT2D eigenvalue weighted by Crippen LogP contribution is -2.51. The molecule has 1 aromatic heterocycles. The summed E-state index contributed by atoms with van der Waals surface area (Å²) in [5, 5.41) is 0. The van der Waals surface area contributed by atoms with Crippen LogP contribution in [-0.2, 0) is 0 Å². The predicted octanol–water partition coefficient (Wildman–Crippen LogP) is 0.707. The maximum Gasteiger partial charge on any atom is 0.191 e. The van der Waals surface area contributed by atoms with Crippen LogP contribution in [0.4, 0.5) is 0 Å². The standard InChI is InChI=1S/C8H12N2O/c1-10-5-7(6-10)11-8-3-2-4-9-8/h2-4,7,9H,5-6H2,1H3. The van der Waals surface area contributed by atoms with Crippen molar-refractivity contribution in [3.05, 3.63) is 18.3 Å². The highest BCUT2D eigenvalue weighted by Crippen LogP contribution is 2.13. The number of H-pyrrole nitrogens is 1. The first-order valence-electron chi connectivity index (χ1n) is 3.83. The molecule has 0 atom stereocenters. The summed E-state index contributed by atoms with van der Waals surface area (Å²) in [7, 11) is 2.09. The van der Waals surface area contributed by atoms with Crippen LogP contribution in [0.25, 0.3) is 0 Å². The zero-order valence-corrected chi connectivity index (χ0v) is 6.58. The molecule has 0 spiro atoms. The molecule has 3 nitrogen and oxygen atoms in total. The van der Waals surface area contributed by atoms with Crippen LogP contribution in [0.1, 0.15) is 0 Å². The second kappa shape index (κ2) is 2.58. The number of hydrogen-bond donors (Lipinski definition) is 1. The van der Waals surface area contributed by atoms with Gasteiger partial charge in [0.2, 0.25) is 0 Å². The third-order valence-electron chi connectivity index (χ3n) is 1.89. The summed E-state index contributed by atoms with van der Waals surface area (Å²) in [5.74, 6) is 0.878. The van der Waals surface area contributed by atoms with Gasteiger partial charge in [0.15, 0.2) is 5.88 Å². The minimum atomic E-state index is 0.388. The van der Waals surface area contributed by atoms with Crippen LogP contribution < -0.4 is 4.74 Å². The Labute approximate surface area is 66.0 Å². The number of nitrogens with one attached hydrogen (secondary N) is 1. The van der Waals surface area contributed by atoms with E-state index in [9.17, 15) is 0 Å². The molecule has 0 amide bonds. The topological polar surface area (TPSA) is 28.3 Å². The summed E-state index contributed by atoms with van der Waals surface area (Å²) < 4.78 is 5.56. The van der Waals surface area contributed by atoms with Crippen molar-refractivity contribution in [2.45, 2.75) is 6.10 Å². The van der Waals surface area contributed by atoms with E-state index < -0.39 is 0 Å². The van der Waals surface area contributed by atoms with E-state index >= 15 is 0 Å². The largest absolute Gasteiger partial charge is 0.473 e. The van der Waals surface area contributed by atoms with Crippen LogP contribution in [0.2, 0.25) is 0 Å². The van der Waals surface area contributed by atoms with Gasteiger partial charge >= 0.3 is 0 Å². The molecule has 2 rings (SSSR count). The second-order valence-corrected chi connectivity index (χ2v) is 3.00. The summed E-state index contributed by atoms with van der Waals surface area (Å²) in [4.78, 5) is 5.24. The molecule has 0 unspecified atom stereocenters. The maximum atomic E-state index is 5.56. The normalized spacial score (nSPS) is 19.7. The van der Waals surface area contributed by atoms with Gasteiger partial charge in [-0.1, -0.05) is 0 Å². The monoisotopic (exact) mass is 152 g/mol. The summed E-state index contributed by atoms with van der Waals surface area (Å²) in [6.07, 6.45) is 2.26. The van der Waals surface area contributed by atoms with E-state index in [0.29, 0.717) is 6.10 Å². The fraction of sp³-hybridized carbons (Fsp3) is 0.500. The van der Waals surface area contributed by atoms with Crippen molar-refractivity contribution in [1.29, 1.82) is 0 Å². The Morgan fingerprint density at radius 1 is 1.64 bits per heavy atom. The number of ether oxygens (including phenoxy) is 1. The van der Waals surface area contributed by atoms with Crippen molar-refractivity contribution in [3.8, 4) is 5.88 Å². The number of aromatic amines is 1. The average Bonchev–Trinajstić information content (AvgIpc) is 2.36. The minimum absolute atomic E-state index is 0.388. The lowest BCUT2D eigenvalue weighted by Gasteiger charge is -2.35. The number of hydrogen-bond acceptors (Lipinski definition) is 2. The number of aromatic nitrogens is 1. The molecule has 1 aromatic rings. The van der Waals surface area contributed by atoms with Crippen LogP contribution in [0.15, 0.2) is 18.3 Å². The number of likely N-dealkylation sites (tertiary alicyclic amines) is 1. The Morgan fingerprint density at radius 3 is 3.00 bits per heavy atom. The molecule has 0 bridgehead atoms. The first-order chi connectivity index (χ1) is 5.34. The van der Waals surface area contributed by atoms with Crippen LogP contribution in [0.3, 0.4) is 0 Å². The van der Waals surface area contributed by atoms with E-state index in [-0.39, 0.29) is 0 Å². The van der Waals surface area contributed by atoms with Gasteiger partial charge in [-0.25, -0.2) is 0 Å². The predicted molar refractivity (Wildman–Crippen MR) is 42.7 cm³/mol. The van der Waals surface area contributed by atoms with Gasteiger partial charge in [0, 0.05) is 19.3 Å². The first-order valence-corrected chi connectivity index (χ1v) is 3.83. The van der Waals surface area contributed by atoms with E-state index in [0.717, 1.165) is 19.0 Å². The molecule has 2 heterocycles. The van der Waals surface area contributed by atoms with Crippen molar-refractivity contribution < 1.29 is 4.74 Å². The van der Waals surface area contributed by atoms with E-state index in [1.807, 2.05) is 18.3 Å². The molecule has 11 heavy (non-hydrogen) atoms. The van der Waals surface area contributed by atoms with Gasteiger partial charge in [-0.2, -0.15) is 0 Å². The SMILES string of the molecule is CN1CC(Oc2ccc[nH]2)C1. The summed E-state index contributed by atoms with van der Waals surface area (Å²) in [6.45, 7) is 2.08. The fourth-order valence-corrected chi connectivity index (χ4v) is 1.28. The van der Waals surface area contributed by atoms with Crippen molar-refractivity contribution in [1.82, 2.24) is 9.88 Å². The Hall–Kier alpha value is -0.960. The maximum absolute atomic E-state index is 5.56. The van der Waals surface area contributed by atoms with Crippen molar-refractivity contribution in [2.24, 2.45) is 0 Å². The smallest absolute Gasteiger partial charge is 0.191 e. The molecular formula is C8H12N2O. The highest BCUT2D eigenvalue weighted by molar-refractivity contribution is 5.10. The Morgan fingerprint density at radius 2 is 2.45 bits per heavy atom. The number of nitrogens with zero attached hydrogens (tertiary/aromatic N) is 1. The lowest BCUT2D eigenvalue weighted by molar-refractivity contribution is 0.0360. The van der Waals surface area contributed by atoms with E-state index in [1.54, 1.807) is 0 Å². The molecule has 60 valence electrons. The quantitative estimate of drug-likeness (QED) is 0.676. The van der Waals surface area contributed by atoms with Crippen LogP contribution >= 0.6 is 0 Å². The Bertz CT molecular complexity index is 214. The third kappa shape index (κ3) is 1.38. The van der Waals surface area contributed by atoms with Gasteiger partial charge in [-0.15, -0.1) is 0 Å². The molecule has 1 aliphatic rings. The molecule has 0 radical (unpaired) electrons. The van der Waals surface area contributed by atoms with Crippen LogP contribution in [0.5, 0.6) is 5.88 Å². The molecule has 1 N–H and O–H groups in total. The minimum Gasteiger partial charge on any atom is -0.473 e. The lowest BCUT2D eigenvalue weighted by atomic mass is 10.2. The molecule has 0 aliphatic carbocycles. The van der Waals surface area contributed by atoms with Crippen LogP contribution in [0, 0.1) is 0 Å². The average molecular weight is 152 g/mol. The Kier molecular flexibility index (Phi) is 1.58. The molecule has 3 heteroatoms. The van der Waals surface area contributed by atoms with Crippen molar-refractivity contribution >= 4 is 0 Å². The summed E-state index contributed by atoms with van der Waals surface area (Å²) >= 11 is 0. The van der Waals surface area contributed by atoms with Crippen molar-refractivity contribution in [2.75, 3.05) is 20.1 Å². The van der Waals surface area contributed by atoms with Gasteiger partial charge in [0.05, 0.1) is 0 Å². The van der Waals surface area contributed by atoms with E-state index in [2.05, 4.69) is 16.9 Å². The van der Waals surface area contributed by atoms with Crippen LogP contribution in [-0.4, -0.2) is 36.1 Å². The number of likely N-dealkylation sites (N-methyl/N-ethyl adjacent to an activating group) is 1. The molecule has 1 fully saturated rings. The molecule has 0 aromatic carbocycles. The van der Waals surface area contributed by atoms with Gasteiger partial charge < -0.3 is 9.72 Å². The highest BCUT2D eigenvalue weighted by Gasteiger charge is 2.24. The van der Waals surface area contributed by atoms with Crippen molar-refractivity contribution in [3.63, 3.8) is 0 Å². The van der Waals surface area contributed by atoms with Gasteiger partial charge in [0.25, 0.3) is 0 Å². The third-order valence-corrected chi connectivity index (χ3v) is 1.89. The van der Waals surface area contributed by atoms with E-state index in [4.69, 9.17) is 4.74 Å². The van der Waals surface area contributed by atoms with Gasteiger partial charge in [-0.05, 0) is 19.2 Å². The van der Waals surface area contributed by atoms with Gasteiger partial charge in [0.1, 0.15) is 6.10 Å². The molecular weight excluding hydrogens is 140 g/mol. The Balaban J connectivity index is 1.84. The fourth-order valence-electron chi connectivity index (χ4n) is 1.28. The zero-order chi connectivity index (χ0) is 7.68. The molecule has 1 aliphatic heterocycles. The molecule has 0 saturated carbocycles. The first kappa shape index (κ1) is 6.73. The van der Waals surface area contributed by atoms with Gasteiger partial charge in [-0.3, -0.25) is 4.90 Å².